The van der Waals surface area contributed by atoms with Crippen molar-refractivity contribution in [3.05, 3.63) is 39.9 Å². The average molecular weight is 362 g/mol. The quantitative estimate of drug-likeness (QED) is 0.465. The zero-order valence-corrected chi connectivity index (χ0v) is 15.0. The van der Waals surface area contributed by atoms with Gasteiger partial charge in [0, 0.05) is 18.7 Å². The second-order valence-electron chi connectivity index (χ2n) is 7.79. The molecule has 0 unspecified atom stereocenters. The summed E-state index contributed by atoms with van der Waals surface area (Å²) in [5, 5.41) is 10.7. The molecule has 1 aromatic carbocycles. The number of ether oxygens (including phenoxy) is 2. The number of hydrogen-bond acceptors (Lipinski definition) is 6. The molecule has 1 heterocycles. The first-order chi connectivity index (χ1) is 12.1. The standard InChI is InChI=1S/C18H22N2O6/c1-18(2,3)26-17(22)19-10-11-8-14(19)15(9-11)25-16(21)12-4-6-13(7-5-12)20(23)24/h4-7,11,14-15H,8-10H2,1-3H3/t11-,14+,15-/m0/s1. The summed E-state index contributed by atoms with van der Waals surface area (Å²) >= 11 is 0. The van der Waals surface area contributed by atoms with Gasteiger partial charge in [0.25, 0.3) is 5.69 Å². The Hall–Kier alpha value is -2.64. The van der Waals surface area contributed by atoms with E-state index in [1.807, 2.05) is 20.8 Å². The van der Waals surface area contributed by atoms with Gasteiger partial charge in [-0.1, -0.05) is 0 Å². The maximum Gasteiger partial charge on any atom is 0.410 e. The number of likely N-dealkylation sites (tertiary alicyclic amines) is 1. The lowest BCUT2D eigenvalue weighted by Gasteiger charge is -2.34. The molecule has 1 saturated heterocycles. The number of non-ortho nitro benzene ring substituents is 1. The highest BCUT2D eigenvalue weighted by atomic mass is 16.6. The highest BCUT2D eigenvalue weighted by molar-refractivity contribution is 5.89. The number of carbonyl (C=O) groups is 2. The number of nitro groups is 1. The Balaban J connectivity index is 1.64. The van der Waals surface area contributed by atoms with E-state index < -0.39 is 16.5 Å². The predicted molar refractivity (Wildman–Crippen MR) is 91.8 cm³/mol. The van der Waals surface area contributed by atoms with E-state index >= 15 is 0 Å². The molecule has 0 spiro atoms. The number of fused-ring (bicyclic) bond motifs is 2. The Morgan fingerprint density at radius 1 is 1.19 bits per heavy atom. The summed E-state index contributed by atoms with van der Waals surface area (Å²) in [4.78, 5) is 36.5. The second kappa shape index (κ2) is 6.59. The third kappa shape index (κ3) is 3.79. The van der Waals surface area contributed by atoms with E-state index in [1.54, 1.807) is 4.90 Å². The van der Waals surface area contributed by atoms with Crippen LogP contribution < -0.4 is 0 Å². The summed E-state index contributed by atoms with van der Waals surface area (Å²) in [7, 11) is 0. The Labute approximate surface area is 151 Å². The van der Waals surface area contributed by atoms with Crippen LogP contribution in [0.4, 0.5) is 10.5 Å². The largest absolute Gasteiger partial charge is 0.457 e. The van der Waals surface area contributed by atoms with Crippen LogP contribution in [-0.2, 0) is 9.47 Å². The first kappa shape index (κ1) is 18.2. The molecule has 1 aliphatic heterocycles. The third-order valence-electron chi connectivity index (χ3n) is 4.63. The van der Waals surface area contributed by atoms with Crippen LogP contribution in [-0.4, -0.2) is 46.2 Å². The summed E-state index contributed by atoms with van der Waals surface area (Å²) in [5.41, 5.74) is -0.413. The van der Waals surface area contributed by atoms with Gasteiger partial charge in [-0.25, -0.2) is 9.59 Å². The number of rotatable bonds is 3. The van der Waals surface area contributed by atoms with Crippen LogP contribution in [0, 0.1) is 16.0 Å². The van der Waals surface area contributed by atoms with E-state index in [9.17, 15) is 19.7 Å². The van der Waals surface area contributed by atoms with Crippen LogP contribution in [0.2, 0.25) is 0 Å². The van der Waals surface area contributed by atoms with Gasteiger partial charge >= 0.3 is 12.1 Å². The zero-order valence-electron chi connectivity index (χ0n) is 15.0. The molecule has 0 aromatic heterocycles. The minimum atomic E-state index is -0.580. The Kier molecular flexibility index (Phi) is 4.60. The highest BCUT2D eigenvalue weighted by Gasteiger charge is 2.49. The summed E-state index contributed by atoms with van der Waals surface area (Å²) in [5.74, 6) is -0.247. The normalized spacial score (nSPS) is 24.4. The van der Waals surface area contributed by atoms with Gasteiger partial charge in [0.2, 0.25) is 0 Å². The molecule has 1 saturated carbocycles. The van der Waals surface area contributed by atoms with Crippen molar-refractivity contribution in [1.82, 2.24) is 4.90 Å². The van der Waals surface area contributed by atoms with Crippen LogP contribution in [0.25, 0.3) is 0 Å². The monoisotopic (exact) mass is 362 g/mol. The summed E-state index contributed by atoms with van der Waals surface area (Å²) in [6.07, 6.45) is 0.727. The molecule has 2 aliphatic rings. The van der Waals surface area contributed by atoms with Crippen molar-refractivity contribution >= 4 is 17.7 Å². The fraction of sp³-hybridized carbons (Fsp3) is 0.556. The highest BCUT2D eigenvalue weighted by Crippen LogP contribution is 2.40. The summed E-state index contributed by atoms with van der Waals surface area (Å²) in [6.45, 7) is 6.05. The van der Waals surface area contributed by atoms with Gasteiger partial charge in [0.05, 0.1) is 16.5 Å². The molecule has 8 nitrogen and oxygen atoms in total. The Morgan fingerprint density at radius 3 is 2.38 bits per heavy atom. The van der Waals surface area contributed by atoms with E-state index in [0.29, 0.717) is 18.9 Å². The van der Waals surface area contributed by atoms with Gasteiger partial charge in [0.15, 0.2) is 0 Å². The molecule has 2 bridgehead atoms. The first-order valence-corrected chi connectivity index (χ1v) is 8.59. The number of piperidine rings is 1. The number of esters is 1. The van der Waals surface area contributed by atoms with Crippen molar-refractivity contribution in [3.63, 3.8) is 0 Å². The molecule has 140 valence electrons. The Morgan fingerprint density at radius 2 is 1.85 bits per heavy atom. The van der Waals surface area contributed by atoms with Crippen molar-refractivity contribution in [2.75, 3.05) is 6.54 Å². The lowest BCUT2D eigenvalue weighted by molar-refractivity contribution is -0.384. The van der Waals surface area contributed by atoms with Crippen LogP contribution in [0.3, 0.4) is 0 Å². The summed E-state index contributed by atoms with van der Waals surface area (Å²) in [6, 6.07) is 5.10. The van der Waals surface area contributed by atoms with E-state index in [2.05, 4.69) is 0 Å². The van der Waals surface area contributed by atoms with E-state index in [1.165, 1.54) is 24.3 Å². The van der Waals surface area contributed by atoms with Crippen molar-refractivity contribution < 1.29 is 24.0 Å². The van der Waals surface area contributed by atoms with Gasteiger partial charge in [-0.05, 0) is 51.7 Å². The molecule has 0 N–H and O–H groups in total. The van der Waals surface area contributed by atoms with Crippen LogP contribution in [0.1, 0.15) is 44.0 Å². The minimum absolute atomic E-state index is 0.0856. The van der Waals surface area contributed by atoms with Crippen molar-refractivity contribution in [3.8, 4) is 0 Å². The van der Waals surface area contributed by atoms with Crippen LogP contribution >= 0.6 is 0 Å². The molecule has 3 rings (SSSR count). The van der Waals surface area contributed by atoms with Crippen molar-refractivity contribution in [2.45, 2.75) is 51.4 Å². The first-order valence-electron chi connectivity index (χ1n) is 8.59. The lowest BCUT2D eigenvalue weighted by atomic mass is 10.1. The van der Waals surface area contributed by atoms with Gasteiger partial charge < -0.3 is 14.4 Å². The minimum Gasteiger partial charge on any atom is -0.457 e. The number of carbonyl (C=O) groups excluding carboxylic acids is 2. The van der Waals surface area contributed by atoms with Crippen LogP contribution in [0.15, 0.2) is 24.3 Å². The van der Waals surface area contributed by atoms with E-state index in [0.717, 1.165) is 6.42 Å². The molecule has 8 heteroatoms. The average Bonchev–Trinajstić information content (AvgIpc) is 3.13. The molecule has 2 fully saturated rings. The van der Waals surface area contributed by atoms with Gasteiger partial charge in [0.1, 0.15) is 11.7 Å². The molecule has 0 radical (unpaired) electrons. The number of hydrogen-bond donors (Lipinski definition) is 0. The fourth-order valence-corrected chi connectivity index (χ4v) is 3.55. The molecule has 1 aliphatic carbocycles. The molecular formula is C18H22N2O6. The smallest absolute Gasteiger partial charge is 0.410 e. The SMILES string of the molecule is CC(C)(C)OC(=O)N1C[C@@H]2C[C@H](OC(=O)c3ccc([N+](=O)[O-])cc3)[C@H]1C2. The molecule has 3 atom stereocenters. The number of nitrogens with zero attached hydrogens (tertiary/aromatic N) is 2. The van der Waals surface area contributed by atoms with Crippen LogP contribution in [0.5, 0.6) is 0 Å². The maximum absolute atomic E-state index is 12.4. The van der Waals surface area contributed by atoms with Gasteiger partial charge in [-0.15, -0.1) is 0 Å². The topological polar surface area (TPSA) is 99.0 Å². The molecule has 26 heavy (non-hydrogen) atoms. The molecule has 1 amide bonds. The Bertz CT molecular complexity index is 724. The van der Waals surface area contributed by atoms with E-state index in [4.69, 9.17) is 9.47 Å². The lowest BCUT2D eigenvalue weighted by Crippen LogP contribution is -2.48. The van der Waals surface area contributed by atoms with Crippen molar-refractivity contribution in [1.29, 1.82) is 0 Å². The predicted octanol–water partition coefficient (Wildman–Crippen LogP) is 3.15. The van der Waals surface area contributed by atoms with E-state index in [-0.39, 0.29) is 29.5 Å². The number of benzene rings is 1. The molecule has 1 aromatic rings. The van der Waals surface area contributed by atoms with Gasteiger partial charge in [-0.3, -0.25) is 10.1 Å². The molecular weight excluding hydrogens is 340 g/mol. The maximum atomic E-state index is 12.4. The fourth-order valence-electron chi connectivity index (χ4n) is 3.55. The zero-order chi connectivity index (χ0) is 19.1. The number of amides is 1. The second-order valence-corrected chi connectivity index (χ2v) is 7.79. The van der Waals surface area contributed by atoms with Crippen molar-refractivity contribution in [2.24, 2.45) is 5.92 Å². The third-order valence-corrected chi connectivity index (χ3v) is 4.63. The van der Waals surface area contributed by atoms with Gasteiger partial charge in [-0.2, -0.15) is 0 Å². The summed E-state index contributed by atoms with van der Waals surface area (Å²) < 4.78 is 11.0. The number of nitro benzene ring substituents is 1.